The van der Waals surface area contributed by atoms with E-state index in [1.807, 2.05) is 32.0 Å². The SMILES string of the molecule is Cc1c(C(C)N)sc2c(NCc3ccco3)cc(Cl)nc12. The van der Waals surface area contributed by atoms with Gasteiger partial charge in [0.25, 0.3) is 0 Å². The van der Waals surface area contributed by atoms with Crippen LogP contribution in [0.1, 0.15) is 29.2 Å². The standard InChI is InChI=1S/C15H16ClN3OS/c1-8-13-15(21-14(8)9(2)17)11(6-12(16)19-13)18-7-10-4-3-5-20-10/h3-6,9H,7,17H2,1-2H3,(H,18,19). The van der Waals surface area contributed by atoms with Crippen LogP contribution in [0.3, 0.4) is 0 Å². The van der Waals surface area contributed by atoms with Crippen LogP contribution in [-0.4, -0.2) is 4.98 Å². The second-order valence-electron chi connectivity index (χ2n) is 4.98. The van der Waals surface area contributed by atoms with Crippen molar-refractivity contribution in [2.75, 3.05) is 5.32 Å². The van der Waals surface area contributed by atoms with Gasteiger partial charge in [0.15, 0.2) is 0 Å². The quantitative estimate of drug-likeness (QED) is 0.695. The van der Waals surface area contributed by atoms with Gasteiger partial charge in [-0.1, -0.05) is 11.6 Å². The lowest BCUT2D eigenvalue weighted by molar-refractivity contribution is 0.518. The molecular formula is C15H16ClN3OS. The third-order valence-electron chi connectivity index (χ3n) is 3.33. The van der Waals surface area contributed by atoms with Crippen molar-refractivity contribution in [2.24, 2.45) is 5.73 Å². The molecule has 0 amide bonds. The van der Waals surface area contributed by atoms with E-state index >= 15 is 0 Å². The topological polar surface area (TPSA) is 64.1 Å². The van der Waals surface area contributed by atoms with Gasteiger partial charge in [-0.2, -0.15) is 0 Å². The molecule has 3 heterocycles. The first kappa shape index (κ1) is 14.4. The van der Waals surface area contributed by atoms with Gasteiger partial charge >= 0.3 is 0 Å². The number of thiophene rings is 1. The molecule has 0 aliphatic carbocycles. The highest BCUT2D eigenvalue weighted by Crippen LogP contribution is 2.38. The van der Waals surface area contributed by atoms with Crippen LogP contribution < -0.4 is 11.1 Å². The average molecular weight is 322 g/mol. The molecule has 0 aromatic carbocycles. The molecule has 0 fully saturated rings. The molecule has 1 atom stereocenters. The number of pyridine rings is 1. The molecule has 3 rings (SSSR count). The lowest BCUT2D eigenvalue weighted by Crippen LogP contribution is -2.03. The third kappa shape index (κ3) is 2.77. The zero-order valence-electron chi connectivity index (χ0n) is 11.8. The molecule has 110 valence electrons. The van der Waals surface area contributed by atoms with E-state index in [9.17, 15) is 0 Å². The van der Waals surface area contributed by atoms with Crippen molar-refractivity contribution in [3.8, 4) is 0 Å². The van der Waals surface area contributed by atoms with Crippen molar-refractivity contribution in [2.45, 2.75) is 26.4 Å². The van der Waals surface area contributed by atoms with Gasteiger partial charge in [0.05, 0.1) is 28.7 Å². The Kier molecular flexibility index (Phi) is 3.89. The molecule has 21 heavy (non-hydrogen) atoms. The van der Waals surface area contributed by atoms with E-state index in [1.165, 1.54) is 0 Å². The van der Waals surface area contributed by atoms with Crippen LogP contribution in [0.25, 0.3) is 10.2 Å². The highest BCUT2D eigenvalue weighted by molar-refractivity contribution is 7.20. The molecule has 0 spiro atoms. The van der Waals surface area contributed by atoms with Gasteiger partial charge < -0.3 is 15.5 Å². The molecule has 0 radical (unpaired) electrons. The Balaban J connectivity index is 2.02. The Labute approximate surface area is 131 Å². The van der Waals surface area contributed by atoms with Crippen LogP contribution in [0.5, 0.6) is 0 Å². The minimum Gasteiger partial charge on any atom is -0.467 e. The van der Waals surface area contributed by atoms with Crippen LogP contribution in [0.4, 0.5) is 5.69 Å². The Morgan fingerprint density at radius 1 is 1.52 bits per heavy atom. The smallest absolute Gasteiger partial charge is 0.131 e. The van der Waals surface area contributed by atoms with Gasteiger partial charge in [0, 0.05) is 17.0 Å². The predicted molar refractivity (Wildman–Crippen MR) is 88.0 cm³/mol. The maximum Gasteiger partial charge on any atom is 0.131 e. The summed E-state index contributed by atoms with van der Waals surface area (Å²) in [5.41, 5.74) is 9.01. The molecule has 0 aliphatic heterocycles. The number of furan rings is 1. The van der Waals surface area contributed by atoms with E-state index in [2.05, 4.69) is 10.3 Å². The number of hydrogen-bond donors (Lipinski definition) is 2. The summed E-state index contributed by atoms with van der Waals surface area (Å²) in [5, 5.41) is 3.84. The van der Waals surface area contributed by atoms with E-state index in [1.54, 1.807) is 17.6 Å². The molecule has 4 nitrogen and oxygen atoms in total. The van der Waals surface area contributed by atoms with Gasteiger partial charge in [-0.15, -0.1) is 11.3 Å². The van der Waals surface area contributed by atoms with Crippen molar-refractivity contribution in [1.29, 1.82) is 0 Å². The van der Waals surface area contributed by atoms with E-state index in [0.717, 1.165) is 32.1 Å². The summed E-state index contributed by atoms with van der Waals surface area (Å²) in [6, 6.07) is 5.63. The monoisotopic (exact) mass is 321 g/mol. The van der Waals surface area contributed by atoms with Crippen molar-refractivity contribution in [1.82, 2.24) is 4.98 Å². The number of anilines is 1. The van der Waals surface area contributed by atoms with Crippen molar-refractivity contribution in [3.05, 3.63) is 45.8 Å². The van der Waals surface area contributed by atoms with Gasteiger partial charge in [0.1, 0.15) is 10.9 Å². The van der Waals surface area contributed by atoms with Crippen LogP contribution in [-0.2, 0) is 6.54 Å². The second kappa shape index (κ2) is 5.67. The molecule has 6 heteroatoms. The molecule has 1 unspecified atom stereocenters. The van der Waals surface area contributed by atoms with Crippen molar-refractivity contribution >= 4 is 38.8 Å². The third-order valence-corrected chi connectivity index (χ3v) is 5.03. The van der Waals surface area contributed by atoms with E-state index in [4.69, 9.17) is 21.8 Å². The molecule has 3 N–H and O–H groups in total. The molecular weight excluding hydrogens is 306 g/mol. The van der Waals surface area contributed by atoms with Gasteiger partial charge in [-0.3, -0.25) is 0 Å². The van der Waals surface area contributed by atoms with Crippen LogP contribution >= 0.6 is 22.9 Å². The number of aromatic nitrogens is 1. The molecule has 0 saturated heterocycles. The Bertz CT molecular complexity index is 765. The largest absolute Gasteiger partial charge is 0.467 e. The van der Waals surface area contributed by atoms with Gasteiger partial charge in [0.2, 0.25) is 0 Å². The number of fused-ring (bicyclic) bond motifs is 1. The first-order chi connectivity index (χ1) is 10.1. The summed E-state index contributed by atoms with van der Waals surface area (Å²) in [6.45, 7) is 4.62. The summed E-state index contributed by atoms with van der Waals surface area (Å²) in [5.74, 6) is 0.872. The fourth-order valence-electron chi connectivity index (χ4n) is 2.32. The molecule has 3 aromatic heterocycles. The zero-order chi connectivity index (χ0) is 15.0. The normalized spacial score (nSPS) is 12.8. The Hall–Kier alpha value is -1.56. The lowest BCUT2D eigenvalue weighted by atomic mass is 10.1. The molecule has 0 bridgehead atoms. The zero-order valence-corrected chi connectivity index (χ0v) is 13.4. The van der Waals surface area contributed by atoms with Crippen LogP contribution in [0.15, 0.2) is 28.9 Å². The minimum atomic E-state index is -0.0131. The number of nitrogens with one attached hydrogen (secondary N) is 1. The van der Waals surface area contributed by atoms with Crippen molar-refractivity contribution < 1.29 is 4.42 Å². The number of nitrogens with zero attached hydrogens (tertiary/aromatic N) is 1. The molecule has 3 aromatic rings. The van der Waals surface area contributed by atoms with Gasteiger partial charge in [-0.25, -0.2) is 4.98 Å². The number of halogens is 1. The summed E-state index contributed by atoms with van der Waals surface area (Å²) in [6.07, 6.45) is 1.66. The van der Waals surface area contributed by atoms with Crippen molar-refractivity contribution in [3.63, 3.8) is 0 Å². The Morgan fingerprint density at radius 3 is 3.00 bits per heavy atom. The molecule has 0 aliphatic rings. The minimum absolute atomic E-state index is 0.0131. The predicted octanol–water partition coefficient (Wildman–Crippen LogP) is 4.48. The van der Waals surface area contributed by atoms with Crippen LogP contribution in [0, 0.1) is 6.92 Å². The number of hydrogen-bond acceptors (Lipinski definition) is 5. The first-order valence-corrected chi connectivity index (χ1v) is 7.87. The fourth-order valence-corrected chi connectivity index (χ4v) is 3.71. The maximum atomic E-state index is 6.14. The summed E-state index contributed by atoms with van der Waals surface area (Å²) >= 11 is 7.81. The Morgan fingerprint density at radius 2 is 2.33 bits per heavy atom. The van der Waals surface area contributed by atoms with E-state index in [-0.39, 0.29) is 6.04 Å². The highest BCUT2D eigenvalue weighted by Gasteiger charge is 2.16. The highest BCUT2D eigenvalue weighted by atomic mass is 35.5. The second-order valence-corrected chi connectivity index (χ2v) is 6.42. The first-order valence-electron chi connectivity index (χ1n) is 6.67. The average Bonchev–Trinajstić information content (AvgIpc) is 3.05. The fraction of sp³-hybridized carbons (Fsp3) is 0.267. The number of nitrogens with two attached hydrogens (primary N) is 1. The summed E-state index contributed by atoms with van der Waals surface area (Å²) in [4.78, 5) is 5.58. The lowest BCUT2D eigenvalue weighted by Gasteiger charge is -2.06. The van der Waals surface area contributed by atoms with Gasteiger partial charge in [-0.05, 0) is 31.5 Å². The molecule has 0 saturated carbocycles. The van der Waals surface area contributed by atoms with E-state index in [0.29, 0.717) is 11.7 Å². The van der Waals surface area contributed by atoms with E-state index < -0.39 is 0 Å². The number of aryl methyl sites for hydroxylation is 1. The number of rotatable bonds is 4. The van der Waals surface area contributed by atoms with Crippen LogP contribution in [0.2, 0.25) is 5.15 Å². The summed E-state index contributed by atoms with van der Waals surface area (Å²) in [7, 11) is 0. The maximum absolute atomic E-state index is 6.14. The summed E-state index contributed by atoms with van der Waals surface area (Å²) < 4.78 is 6.42.